The van der Waals surface area contributed by atoms with E-state index in [-0.39, 0.29) is 5.91 Å². The zero-order valence-corrected chi connectivity index (χ0v) is 7.96. The van der Waals surface area contributed by atoms with E-state index >= 15 is 0 Å². The molecule has 0 atom stereocenters. The molecule has 13 heavy (non-hydrogen) atoms. The van der Waals surface area contributed by atoms with Crippen molar-refractivity contribution in [2.45, 2.75) is 50.7 Å². The second-order valence-electron chi connectivity index (χ2n) is 4.19. The van der Waals surface area contributed by atoms with Crippen molar-refractivity contribution in [3.05, 3.63) is 0 Å². The van der Waals surface area contributed by atoms with E-state index in [1.807, 2.05) is 0 Å². The number of rotatable bonds is 1. The van der Waals surface area contributed by atoms with Gasteiger partial charge in [0.05, 0.1) is 0 Å². The van der Waals surface area contributed by atoms with E-state index in [4.69, 9.17) is 0 Å². The maximum atomic E-state index is 11.4. The number of hydrogen-bond acceptors (Lipinski definition) is 2. The molecule has 1 N–H and O–H groups in total. The Morgan fingerprint density at radius 2 is 1.85 bits per heavy atom. The lowest BCUT2D eigenvalue weighted by atomic mass is 9.90. The summed E-state index contributed by atoms with van der Waals surface area (Å²) < 4.78 is 0. The van der Waals surface area contributed by atoms with Gasteiger partial charge in [-0.3, -0.25) is 4.79 Å². The van der Waals surface area contributed by atoms with Crippen LogP contribution in [0, 0.1) is 0 Å². The quantitative estimate of drug-likeness (QED) is 0.665. The fourth-order valence-electron chi connectivity index (χ4n) is 2.48. The fraction of sp³-hybridized carbons (Fsp3) is 0.900. The van der Waals surface area contributed by atoms with Gasteiger partial charge in [-0.25, -0.2) is 0 Å². The standard InChI is InChI=1S/C10H17NO2/c12-9-5-4-8-11(9)10(13)6-2-1-3-7-10/h13H,1-8H2. The Morgan fingerprint density at radius 3 is 2.38 bits per heavy atom. The van der Waals surface area contributed by atoms with Crippen molar-refractivity contribution in [1.29, 1.82) is 0 Å². The van der Waals surface area contributed by atoms with Gasteiger partial charge in [-0.15, -0.1) is 0 Å². The Kier molecular flexibility index (Phi) is 2.28. The van der Waals surface area contributed by atoms with E-state index < -0.39 is 5.72 Å². The zero-order chi connectivity index (χ0) is 9.31. The maximum Gasteiger partial charge on any atom is 0.224 e. The molecule has 2 rings (SSSR count). The lowest BCUT2D eigenvalue weighted by Gasteiger charge is -2.40. The number of likely N-dealkylation sites (tertiary alicyclic amines) is 1. The average molecular weight is 183 g/mol. The van der Waals surface area contributed by atoms with Crippen molar-refractivity contribution >= 4 is 5.91 Å². The lowest BCUT2D eigenvalue weighted by molar-refractivity contribution is -0.160. The van der Waals surface area contributed by atoms with Gasteiger partial charge in [0.15, 0.2) is 0 Å². The number of nitrogens with zero attached hydrogens (tertiary/aromatic N) is 1. The Labute approximate surface area is 78.7 Å². The number of carbonyl (C=O) groups excluding carboxylic acids is 1. The molecule has 2 fully saturated rings. The van der Waals surface area contributed by atoms with Crippen LogP contribution in [-0.2, 0) is 4.79 Å². The largest absolute Gasteiger partial charge is 0.371 e. The SMILES string of the molecule is O=C1CCCN1C1(O)CCCCC1. The van der Waals surface area contributed by atoms with Gasteiger partial charge in [0.1, 0.15) is 5.72 Å². The molecule has 2 aliphatic rings. The monoisotopic (exact) mass is 183 g/mol. The van der Waals surface area contributed by atoms with Gasteiger partial charge < -0.3 is 10.0 Å². The van der Waals surface area contributed by atoms with Gasteiger partial charge in [-0.05, 0) is 32.1 Å². The summed E-state index contributed by atoms with van der Waals surface area (Å²) >= 11 is 0. The molecule has 0 bridgehead atoms. The van der Waals surface area contributed by atoms with E-state index in [9.17, 15) is 9.90 Å². The minimum absolute atomic E-state index is 0.143. The summed E-state index contributed by atoms with van der Waals surface area (Å²) in [6.07, 6.45) is 6.41. The minimum Gasteiger partial charge on any atom is -0.371 e. The molecule has 1 aliphatic carbocycles. The number of aliphatic hydroxyl groups is 1. The van der Waals surface area contributed by atoms with Crippen molar-refractivity contribution in [2.75, 3.05) is 6.54 Å². The molecule has 3 nitrogen and oxygen atoms in total. The molecule has 1 saturated heterocycles. The van der Waals surface area contributed by atoms with Crippen molar-refractivity contribution < 1.29 is 9.90 Å². The molecule has 1 amide bonds. The molecule has 74 valence electrons. The first-order chi connectivity index (χ1) is 6.22. The predicted octanol–water partition coefficient (Wildman–Crippen LogP) is 1.26. The van der Waals surface area contributed by atoms with Crippen LogP contribution in [0.2, 0.25) is 0 Å². The Hall–Kier alpha value is -0.570. The van der Waals surface area contributed by atoms with Crippen LogP contribution in [0.25, 0.3) is 0 Å². The summed E-state index contributed by atoms with van der Waals surface area (Å²) in [6.45, 7) is 0.759. The Morgan fingerprint density at radius 1 is 1.15 bits per heavy atom. The summed E-state index contributed by atoms with van der Waals surface area (Å²) in [5, 5.41) is 10.2. The summed E-state index contributed by atoms with van der Waals surface area (Å²) in [6, 6.07) is 0. The highest BCUT2D eigenvalue weighted by Crippen LogP contribution is 2.33. The third-order valence-corrected chi connectivity index (χ3v) is 3.23. The molecule has 1 saturated carbocycles. The van der Waals surface area contributed by atoms with Gasteiger partial charge >= 0.3 is 0 Å². The fourth-order valence-corrected chi connectivity index (χ4v) is 2.48. The van der Waals surface area contributed by atoms with Crippen LogP contribution in [0.1, 0.15) is 44.9 Å². The second kappa shape index (κ2) is 3.29. The highest BCUT2D eigenvalue weighted by molar-refractivity contribution is 5.78. The molecule has 0 spiro atoms. The molecule has 1 aliphatic heterocycles. The lowest BCUT2D eigenvalue weighted by Crippen LogP contribution is -2.50. The van der Waals surface area contributed by atoms with E-state index in [1.54, 1.807) is 4.90 Å². The Balaban J connectivity index is 2.07. The van der Waals surface area contributed by atoms with Crippen LogP contribution in [0.4, 0.5) is 0 Å². The van der Waals surface area contributed by atoms with E-state index in [1.165, 1.54) is 6.42 Å². The third kappa shape index (κ3) is 1.57. The van der Waals surface area contributed by atoms with Crippen molar-refractivity contribution in [3.8, 4) is 0 Å². The van der Waals surface area contributed by atoms with Gasteiger partial charge in [-0.1, -0.05) is 6.42 Å². The first kappa shape index (κ1) is 9.00. The number of carbonyl (C=O) groups is 1. The summed E-state index contributed by atoms with van der Waals surface area (Å²) in [5.74, 6) is 0.143. The van der Waals surface area contributed by atoms with Crippen LogP contribution >= 0.6 is 0 Å². The molecule has 0 aromatic rings. The third-order valence-electron chi connectivity index (χ3n) is 3.23. The van der Waals surface area contributed by atoms with Crippen LogP contribution in [-0.4, -0.2) is 28.2 Å². The predicted molar refractivity (Wildman–Crippen MR) is 49.0 cm³/mol. The Bertz CT molecular complexity index is 209. The summed E-state index contributed by atoms with van der Waals surface area (Å²) in [4.78, 5) is 13.1. The van der Waals surface area contributed by atoms with Crippen LogP contribution < -0.4 is 0 Å². The first-order valence-corrected chi connectivity index (χ1v) is 5.25. The van der Waals surface area contributed by atoms with E-state index in [0.29, 0.717) is 6.42 Å². The van der Waals surface area contributed by atoms with Crippen molar-refractivity contribution in [1.82, 2.24) is 4.90 Å². The second-order valence-corrected chi connectivity index (χ2v) is 4.19. The number of amides is 1. The van der Waals surface area contributed by atoms with Gasteiger partial charge in [0.2, 0.25) is 5.91 Å². The first-order valence-electron chi connectivity index (χ1n) is 5.25. The molecule has 0 aromatic carbocycles. The molecular formula is C10H17NO2. The molecule has 3 heteroatoms. The zero-order valence-electron chi connectivity index (χ0n) is 7.96. The van der Waals surface area contributed by atoms with E-state index in [2.05, 4.69) is 0 Å². The highest BCUT2D eigenvalue weighted by atomic mass is 16.3. The van der Waals surface area contributed by atoms with E-state index in [0.717, 1.165) is 38.6 Å². The molecule has 0 radical (unpaired) electrons. The maximum absolute atomic E-state index is 11.4. The van der Waals surface area contributed by atoms with Gasteiger partial charge in [0.25, 0.3) is 0 Å². The van der Waals surface area contributed by atoms with Gasteiger partial charge in [-0.2, -0.15) is 0 Å². The van der Waals surface area contributed by atoms with Crippen LogP contribution in [0.3, 0.4) is 0 Å². The number of hydrogen-bond donors (Lipinski definition) is 1. The molecule has 0 aromatic heterocycles. The molecular weight excluding hydrogens is 166 g/mol. The van der Waals surface area contributed by atoms with Crippen molar-refractivity contribution in [2.24, 2.45) is 0 Å². The van der Waals surface area contributed by atoms with Crippen molar-refractivity contribution in [3.63, 3.8) is 0 Å². The smallest absolute Gasteiger partial charge is 0.224 e. The average Bonchev–Trinajstić information content (AvgIpc) is 2.53. The molecule has 0 unspecified atom stereocenters. The topological polar surface area (TPSA) is 40.5 Å². The molecule has 1 heterocycles. The van der Waals surface area contributed by atoms with Gasteiger partial charge in [0, 0.05) is 13.0 Å². The normalized spacial score (nSPS) is 28.1. The minimum atomic E-state index is -0.786. The highest BCUT2D eigenvalue weighted by Gasteiger charge is 2.40. The summed E-state index contributed by atoms with van der Waals surface area (Å²) in [5.41, 5.74) is -0.786. The van der Waals surface area contributed by atoms with Crippen LogP contribution in [0.5, 0.6) is 0 Å². The summed E-state index contributed by atoms with van der Waals surface area (Å²) in [7, 11) is 0. The van der Waals surface area contributed by atoms with Crippen LogP contribution in [0.15, 0.2) is 0 Å².